The molecular formula is C16H16F2N4O4. The number of nitrogens with zero attached hydrogens (tertiary/aromatic N) is 3. The molecule has 8 nitrogen and oxygen atoms in total. The molecule has 0 atom stereocenters. The second-order valence-electron chi connectivity index (χ2n) is 4.99. The molecule has 0 saturated carbocycles. The van der Waals surface area contributed by atoms with Crippen molar-refractivity contribution in [3.63, 3.8) is 0 Å². The van der Waals surface area contributed by atoms with Crippen LogP contribution in [0, 0.1) is 0 Å². The van der Waals surface area contributed by atoms with E-state index in [1.54, 1.807) is 13.1 Å². The second-order valence-corrected chi connectivity index (χ2v) is 4.99. The van der Waals surface area contributed by atoms with Gasteiger partial charge in [-0.3, -0.25) is 9.59 Å². The lowest BCUT2D eigenvalue weighted by Gasteiger charge is -2.15. The first kappa shape index (κ1) is 19.0. The molecule has 0 spiro atoms. The molecule has 0 saturated heterocycles. The van der Waals surface area contributed by atoms with Crippen molar-refractivity contribution in [2.24, 2.45) is 0 Å². The average molecular weight is 366 g/mol. The van der Waals surface area contributed by atoms with Crippen LogP contribution in [0.3, 0.4) is 0 Å². The van der Waals surface area contributed by atoms with E-state index in [0.29, 0.717) is 5.95 Å². The molecule has 138 valence electrons. The first-order valence-corrected chi connectivity index (χ1v) is 7.43. The summed E-state index contributed by atoms with van der Waals surface area (Å²) in [5.74, 6) is -1.23. The summed E-state index contributed by atoms with van der Waals surface area (Å²) < 4.78 is 33.8. The van der Waals surface area contributed by atoms with Crippen molar-refractivity contribution in [3.05, 3.63) is 42.7 Å². The van der Waals surface area contributed by atoms with Gasteiger partial charge in [-0.25, -0.2) is 9.97 Å². The Morgan fingerprint density at radius 2 is 1.88 bits per heavy atom. The van der Waals surface area contributed by atoms with Gasteiger partial charge in [0.1, 0.15) is 12.3 Å². The minimum Gasteiger partial charge on any atom is -0.454 e. The standard InChI is InChI=1S/C16H16F2N4O4/c1-22(16-19-7-4-8-20-16)9-14(24)25-10-13(23)21-11-5-2-3-6-12(11)26-15(17)18/h2-8,15H,9-10H2,1H3,(H,21,23). The molecule has 0 fully saturated rings. The maximum absolute atomic E-state index is 12.3. The van der Waals surface area contributed by atoms with Gasteiger partial charge in [0.25, 0.3) is 5.91 Å². The van der Waals surface area contributed by atoms with Gasteiger partial charge in [0.15, 0.2) is 6.61 Å². The van der Waals surface area contributed by atoms with Gasteiger partial charge in [0, 0.05) is 19.4 Å². The molecule has 1 amide bonds. The number of hydrogen-bond donors (Lipinski definition) is 1. The zero-order valence-electron chi connectivity index (χ0n) is 13.8. The van der Waals surface area contributed by atoms with Crippen LogP contribution in [0.2, 0.25) is 0 Å². The summed E-state index contributed by atoms with van der Waals surface area (Å²) in [7, 11) is 1.59. The quantitative estimate of drug-likeness (QED) is 0.711. The molecule has 0 aliphatic carbocycles. The van der Waals surface area contributed by atoms with Crippen LogP contribution >= 0.6 is 0 Å². The molecule has 1 N–H and O–H groups in total. The molecule has 0 aliphatic heterocycles. The summed E-state index contributed by atoms with van der Waals surface area (Å²) in [4.78, 5) is 33.0. The SMILES string of the molecule is CN(CC(=O)OCC(=O)Nc1ccccc1OC(F)F)c1ncccn1. The van der Waals surface area contributed by atoms with Gasteiger partial charge in [-0.05, 0) is 18.2 Å². The highest BCUT2D eigenvalue weighted by Gasteiger charge is 2.14. The lowest BCUT2D eigenvalue weighted by atomic mass is 10.3. The number of likely N-dealkylation sites (N-methyl/N-ethyl adjacent to an activating group) is 1. The largest absolute Gasteiger partial charge is 0.454 e. The Labute approximate surface area is 147 Å². The fourth-order valence-electron chi connectivity index (χ4n) is 1.90. The smallest absolute Gasteiger partial charge is 0.387 e. The fourth-order valence-corrected chi connectivity index (χ4v) is 1.90. The number of anilines is 2. The van der Waals surface area contributed by atoms with Crippen molar-refractivity contribution < 1.29 is 27.8 Å². The Morgan fingerprint density at radius 3 is 2.58 bits per heavy atom. The Balaban J connectivity index is 1.82. The third-order valence-corrected chi connectivity index (χ3v) is 3.00. The molecule has 1 heterocycles. The molecule has 26 heavy (non-hydrogen) atoms. The van der Waals surface area contributed by atoms with Gasteiger partial charge < -0.3 is 19.7 Å². The minimum atomic E-state index is -3.03. The number of halogens is 2. The number of esters is 1. The van der Waals surface area contributed by atoms with Crippen LogP contribution in [-0.4, -0.2) is 48.7 Å². The van der Waals surface area contributed by atoms with E-state index in [0.717, 1.165) is 0 Å². The molecule has 0 aliphatic rings. The van der Waals surface area contributed by atoms with Gasteiger partial charge >= 0.3 is 12.6 Å². The Bertz CT molecular complexity index is 746. The van der Waals surface area contributed by atoms with Gasteiger partial charge in [-0.15, -0.1) is 0 Å². The number of nitrogens with one attached hydrogen (secondary N) is 1. The molecule has 0 unspecified atom stereocenters. The highest BCUT2D eigenvalue weighted by atomic mass is 19.3. The number of carbonyl (C=O) groups is 2. The van der Waals surface area contributed by atoms with E-state index < -0.39 is 25.1 Å². The van der Waals surface area contributed by atoms with Gasteiger partial charge in [0.05, 0.1) is 5.69 Å². The van der Waals surface area contributed by atoms with Crippen molar-refractivity contribution in [2.45, 2.75) is 6.61 Å². The number of benzene rings is 1. The summed E-state index contributed by atoms with van der Waals surface area (Å²) in [6, 6.07) is 7.32. The van der Waals surface area contributed by atoms with E-state index in [2.05, 4.69) is 20.0 Å². The van der Waals surface area contributed by atoms with E-state index in [1.165, 1.54) is 41.6 Å². The zero-order valence-corrected chi connectivity index (χ0v) is 13.8. The lowest BCUT2D eigenvalue weighted by molar-refractivity contribution is -0.145. The molecule has 1 aromatic heterocycles. The van der Waals surface area contributed by atoms with E-state index in [1.807, 2.05) is 0 Å². The topological polar surface area (TPSA) is 93.7 Å². The van der Waals surface area contributed by atoms with Crippen molar-refractivity contribution >= 4 is 23.5 Å². The molecule has 0 radical (unpaired) electrons. The van der Waals surface area contributed by atoms with Crippen LogP contribution in [-0.2, 0) is 14.3 Å². The molecule has 0 bridgehead atoms. The summed E-state index contributed by atoms with van der Waals surface area (Å²) in [5.41, 5.74) is 0.0450. The van der Waals surface area contributed by atoms with Gasteiger partial charge in [-0.1, -0.05) is 12.1 Å². The van der Waals surface area contributed by atoms with Gasteiger partial charge in [-0.2, -0.15) is 8.78 Å². The Hall–Kier alpha value is -3.30. The normalized spacial score (nSPS) is 10.3. The number of rotatable bonds is 8. The predicted octanol–water partition coefficient (Wildman–Crippen LogP) is 1.70. The van der Waals surface area contributed by atoms with E-state index >= 15 is 0 Å². The number of aromatic nitrogens is 2. The average Bonchev–Trinajstić information content (AvgIpc) is 2.62. The van der Waals surface area contributed by atoms with Crippen molar-refractivity contribution in [1.82, 2.24) is 9.97 Å². The summed E-state index contributed by atoms with van der Waals surface area (Å²) in [6.45, 7) is -3.77. The third-order valence-electron chi connectivity index (χ3n) is 3.00. The van der Waals surface area contributed by atoms with Crippen LogP contribution in [0.25, 0.3) is 0 Å². The second kappa shape index (κ2) is 9.25. The first-order valence-electron chi connectivity index (χ1n) is 7.43. The number of ether oxygens (including phenoxy) is 2. The molecular weight excluding hydrogens is 350 g/mol. The highest BCUT2D eigenvalue weighted by Crippen LogP contribution is 2.25. The fraction of sp³-hybridized carbons (Fsp3) is 0.250. The molecule has 2 aromatic rings. The zero-order chi connectivity index (χ0) is 18.9. The number of amides is 1. The number of carbonyl (C=O) groups excluding carboxylic acids is 2. The lowest BCUT2D eigenvalue weighted by Crippen LogP contribution is -2.30. The monoisotopic (exact) mass is 366 g/mol. The van der Waals surface area contributed by atoms with Crippen LogP contribution in [0.4, 0.5) is 20.4 Å². The molecule has 1 aromatic carbocycles. The van der Waals surface area contributed by atoms with E-state index in [4.69, 9.17) is 4.74 Å². The number of alkyl halides is 2. The van der Waals surface area contributed by atoms with Crippen LogP contribution < -0.4 is 15.0 Å². The van der Waals surface area contributed by atoms with Crippen molar-refractivity contribution in [2.75, 3.05) is 30.4 Å². The highest BCUT2D eigenvalue weighted by molar-refractivity contribution is 5.94. The van der Waals surface area contributed by atoms with Crippen molar-refractivity contribution in [3.8, 4) is 5.75 Å². The summed E-state index contributed by atoms with van der Waals surface area (Å²) in [6.07, 6.45) is 3.05. The van der Waals surface area contributed by atoms with Crippen LogP contribution in [0.15, 0.2) is 42.7 Å². The summed E-state index contributed by atoms with van der Waals surface area (Å²) in [5, 5.41) is 2.34. The van der Waals surface area contributed by atoms with Crippen molar-refractivity contribution in [1.29, 1.82) is 0 Å². The van der Waals surface area contributed by atoms with Crippen LogP contribution in [0.5, 0.6) is 5.75 Å². The maximum Gasteiger partial charge on any atom is 0.387 e. The molecule has 2 rings (SSSR count). The van der Waals surface area contributed by atoms with E-state index in [9.17, 15) is 18.4 Å². The number of para-hydroxylation sites is 2. The number of hydrogen-bond acceptors (Lipinski definition) is 7. The van der Waals surface area contributed by atoms with E-state index in [-0.39, 0.29) is 18.0 Å². The van der Waals surface area contributed by atoms with Gasteiger partial charge in [0.2, 0.25) is 5.95 Å². The molecule has 10 heteroatoms. The third kappa shape index (κ3) is 5.96. The van der Waals surface area contributed by atoms with Crippen LogP contribution in [0.1, 0.15) is 0 Å². The first-order chi connectivity index (χ1) is 12.5. The summed E-state index contributed by atoms with van der Waals surface area (Å²) >= 11 is 0. The minimum absolute atomic E-state index is 0.0450. The Morgan fingerprint density at radius 1 is 1.19 bits per heavy atom. The predicted molar refractivity (Wildman–Crippen MR) is 88.0 cm³/mol. The Kier molecular flexibility index (Phi) is 6.77. The maximum atomic E-state index is 12.3.